The molecule has 0 bridgehead atoms. The second-order valence-corrected chi connectivity index (χ2v) is 5.39. The fourth-order valence-corrected chi connectivity index (χ4v) is 2.38. The smallest absolute Gasteiger partial charge is 0.193 e. The van der Waals surface area contributed by atoms with E-state index in [2.05, 4.69) is 47.9 Å². The molecule has 0 fully saturated rings. The molecule has 4 nitrogen and oxygen atoms in total. The molecule has 0 saturated heterocycles. The molecule has 0 atom stereocenters. The zero-order valence-electron chi connectivity index (χ0n) is 14.8. The Morgan fingerprint density at radius 1 is 1.43 bits per heavy atom. The zero-order chi connectivity index (χ0) is 16.4. The molecule has 0 aliphatic heterocycles. The maximum absolute atomic E-state index is 5.42. The number of halogens is 1. The number of aryl methyl sites for hydroxylation is 1. The lowest BCUT2D eigenvalue weighted by molar-refractivity contribution is 0.409. The van der Waals surface area contributed by atoms with Gasteiger partial charge in [-0.15, -0.1) is 30.6 Å². The van der Waals surface area contributed by atoms with Gasteiger partial charge in [-0.3, -0.25) is 4.99 Å². The number of unbranched alkanes of at least 4 members (excludes halogenated alkanes) is 1. The van der Waals surface area contributed by atoms with Crippen molar-refractivity contribution in [1.82, 2.24) is 10.2 Å². The molecule has 0 aliphatic carbocycles. The Morgan fingerprint density at radius 2 is 2.17 bits per heavy atom. The molecule has 0 saturated carbocycles. The number of hydrogen-bond acceptors (Lipinski definition) is 2. The average Bonchev–Trinajstić information content (AvgIpc) is 2.52. The standard InChI is InChI=1S/C18H29N3O.HI/c1-6-7-8-13-21(4)18(19-3)20-12-11-16-14-15(2)9-10-17(16)22-5;/h6,9-10,14H,1,7-8,11-13H2,2-5H3,(H,19,20);1H. The lowest BCUT2D eigenvalue weighted by atomic mass is 10.1. The van der Waals surface area contributed by atoms with Crippen LogP contribution in [0.25, 0.3) is 0 Å². The molecule has 0 amide bonds. The fraction of sp³-hybridized carbons (Fsp3) is 0.500. The van der Waals surface area contributed by atoms with E-state index in [-0.39, 0.29) is 24.0 Å². The molecule has 1 aromatic rings. The normalized spacial score (nSPS) is 10.7. The number of ether oxygens (including phenoxy) is 1. The topological polar surface area (TPSA) is 36.9 Å². The van der Waals surface area contributed by atoms with Gasteiger partial charge in [0.2, 0.25) is 0 Å². The number of benzene rings is 1. The van der Waals surface area contributed by atoms with Crippen molar-refractivity contribution in [3.63, 3.8) is 0 Å². The largest absolute Gasteiger partial charge is 0.496 e. The summed E-state index contributed by atoms with van der Waals surface area (Å²) in [4.78, 5) is 6.48. The Hall–Kier alpha value is -1.24. The van der Waals surface area contributed by atoms with Crippen LogP contribution in [0.3, 0.4) is 0 Å². The summed E-state index contributed by atoms with van der Waals surface area (Å²) in [5, 5.41) is 3.41. The second-order valence-electron chi connectivity index (χ2n) is 5.39. The van der Waals surface area contributed by atoms with E-state index in [4.69, 9.17) is 4.74 Å². The molecule has 0 aromatic heterocycles. The third-order valence-corrected chi connectivity index (χ3v) is 3.59. The molecule has 130 valence electrons. The van der Waals surface area contributed by atoms with E-state index < -0.39 is 0 Å². The SMILES string of the molecule is C=CCCCN(C)C(=NC)NCCc1cc(C)ccc1OC.I. The molecule has 0 aliphatic rings. The van der Waals surface area contributed by atoms with Crippen molar-refractivity contribution in [3.8, 4) is 5.75 Å². The number of nitrogens with zero attached hydrogens (tertiary/aromatic N) is 2. The molecule has 1 rings (SSSR count). The molecule has 23 heavy (non-hydrogen) atoms. The van der Waals surface area contributed by atoms with Gasteiger partial charge in [0.05, 0.1) is 7.11 Å². The maximum atomic E-state index is 5.42. The Labute approximate surface area is 158 Å². The number of allylic oxidation sites excluding steroid dienone is 1. The molecule has 0 radical (unpaired) electrons. The van der Waals surface area contributed by atoms with Gasteiger partial charge in [0.15, 0.2) is 5.96 Å². The number of aliphatic imine (C=N–C) groups is 1. The predicted octanol–water partition coefficient (Wildman–Crippen LogP) is 3.64. The third-order valence-electron chi connectivity index (χ3n) is 3.59. The van der Waals surface area contributed by atoms with E-state index in [0.29, 0.717) is 0 Å². The van der Waals surface area contributed by atoms with Crippen LogP contribution in [0.15, 0.2) is 35.8 Å². The van der Waals surface area contributed by atoms with E-state index >= 15 is 0 Å². The molecule has 0 spiro atoms. The van der Waals surface area contributed by atoms with Gasteiger partial charge in [0.1, 0.15) is 5.75 Å². The molecule has 0 heterocycles. The van der Waals surface area contributed by atoms with Gasteiger partial charge in [0.25, 0.3) is 0 Å². The highest BCUT2D eigenvalue weighted by Gasteiger charge is 2.07. The van der Waals surface area contributed by atoms with E-state index in [1.165, 1.54) is 11.1 Å². The van der Waals surface area contributed by atoms with Crippen molar-refractivity contribution in [2.75, 3.05) is 34.3 Å². The lowest BCUT2D eigenvalue weighted by Crippen LogP contribution is -2.40. The highest BCUT2D eigenvalue weighted by molar-refractivity contribution is 14.0. The first-order valence-electron chi connectivity index (χ1n) is 7.78. The number of hydrogen-bond donors (Lipinski definition) is 1. The van der Waals surface area contributed by atoms with Crippen LogP contribution in [-0.4, -0.2) is 45.2 Å². The van der Waals surface area contributed by atoms with E-state index in [0.717, 1.165) is 44.1 Å². The summed E-state index contributed by atoms with van der Waals surface area (Å²) in [6, 6.07) is 6.28. The summed E-state index contributed by atoms with van der Waals surface area (Å²) in [6.07, 6.45) is 4.98. The molecule has 1 N–H and O–H groups in total. The summed E-state index contributed by atoms with van der Waals surface area (Å²) >= 11 is 0. The van der Waals surface area contributed by atoms with Crippen LogP contribution in [0.1, 0.15) is 24.0 Å². The summed E-state index contributed by atoms with van der Waals surface area (Å²) in [5.41, 5.74) is 2.47. The number of guanidine groups is 1. The maximum Gasteiger partial charge on any atom is 0.193 e. The van der Waals surface area contributed by atoms with Crippen molar-refractivity contribution < 1.29 is 4.74 Å². The van der Waals surface area contributed by atoms with Gasteiger partial charge >= 0.3 is 0 Å². The minimum atomic E-state index is 0. The van der Waals surface area contributed by atoms with Crippen LogP contribution in [-0.2, 0) is 6.42 Å². The fourth-order valence-electron chi connectivity index (χ4n) is 2.38. The van der Waals surface area contributed by atoms with Gasteiger partial charge in [-0.2, -0.15) is 0 Å². The van der Waals surface area contributed by atoms with Crippen LogP contribution in [0.2, 0.25) is 0 Å². The lowest BCUT2D eigenvalue weighted by Gasteiger charge is -2.22. The second kappa shape index (κ2) is 12.2. The van der Waals surface area contributed by atoms with Crippen LogP contribution < -0.4 is 10.1 Å². The average molecular weight is 431 g/mol. The number of methoxy groups -OCH3 is 1. The van der Waals surface area contributed by atoms with Crippen LogP contribution >= 0.6 is 24.0 Å². The summed E-state index contributed by atoms with van der Waals surface area (Å²) in [5.74, 6) is 1.87. The van der Waals surface area contributed by atoms with E-state index in [9.17, 15) is 0 Å². The van der Waals surface area contributed by atoms with Crippen molar-refractivity contribution >= 4 is 29.9 Å². The monoisotopic (exact) mass is 431 g/mol. The third kappa shape index (κ3) is 7.72. The highest BCUT2D eigenvalue weighted by atomic mass is 127. The summed E-state index contributed by atoms with van der Waals surface area (Å²) in [7, 11) is 5.60. The Kier molecular flexibility index (Phi) is 11.6. The van der Waals surface area contributed by atoms with Crippen molar-refractivity contribution in [1.29, 1.82) is 0 Å². The first-order valence-corrected chi connectivity index (χ1v) is 7.78. The van der Waals surface area contributed by atoms with E-state index in [1.54, 1.807) is 7.11 Å². The Morgan fingerprint density at radius 3 is 2.78 bits per heavy atom. The van der Waals surface area contributed by atoms with Crippen LogP contribution in [0.5, 0.6) is 5.75 Å². The molecule has 0 unspecified atom stereocenters. The van der Waals surface area contributed by atoms with Crippen LogP contribution in [0, 0.1) is 6.92 Å². The van der Waals surface area contributed by atoms with Crippen molar-refractivity contribution in [2.24, 2.45) is 4.99 Å². The van der Waals surface area contributed by atoms with E-state index in [1.807, 2.05) is 19.2 Å². The first-order chi connectivity index (χ1) is 10.6. The van der Waals surface area contributed by atoms with Gasteiger partial charge < -0.3 is 15.0 Å². The van der Waals surface area contributed by atoms with Crippen molar-refractivity contribution in [2.45, 2.75) is 26.2 Å². The predicted molar refractivity (Wildman–Crippen MR) is 110 cm³/mol. The highest BCUT2D eigenvalue weighted by Crippen LogP contribution is 2.19. The molecular weight excluding hydrogens is 401 g/mol. The van der Waals surface area contributed by atoms with Crippen molar-refractivity contribution in [3.05, 3.63) is 42.0 Å². The molecular formula is C18H30IN3O. The minimum absolute atomic E-state index is 0. The molecule has 5 heteroatoms. The number of rotatable bonds is 8. The summed E-state index contributed by atoms with van der Waals surface area (Å²) < 4.78 is 5.42. The van der Waals surface area contributed by atoms with Gasteiger partial charge in [0, 0.05) is 27.2 Å². The summed E-state index contributed by atoms with van der Waals surface area (Å²) in [6.45, 7) is 7.66. The Balaban J connectivity index is 0.00000484. The van der Waals surface area contributed by atoms with Gasteiger partial charge in [-0.25, -0.2) is 0 Å². The van der Waals surface area contributed by atoms with Gasteiger partial charge in [-0.05, 0) is 37.8 Å². The zero-order valence-corrected chi connectivity index (χ0v) is 17.1. The molecule has 1 aromatic carbocycles. The minimum Gasteiger partial charge on any atom is -0.496 e. The first kappa shape index (κ1) is 21.8. The Bertz CT molecular complexity index is 503. The van der Waals surface area contributed by atoms with Gasteiger partial charge in [-0.1, -0.05) is 23.8 Å². The number of nitrogens with one attached hydrogen (secondary N) is 1. The quantitative estimate of drug-likeness (QED) is 0.225. The van der Waals surface area contributed by atoms with Crippen LogP contribution in [0.4, 0.5) is 0 Å².